The molecule has 1 saturated heterocycles. The van der Waals surface area contributed by atoms with Gasteiger partial charge in [-0.1, -0.05) is 19.1 Å². The molecule has 2 rings (SSSR count). The van der Waals surface area contributed by atoms with E-state index in [-0.39, 0.29) is 11.3 Å². The minimum absolute atomic E-state index is 0.0170. The number of allylic oxidation sites excluding steroid dienone is 1. The average Bonchev–Trinajstić information content (AvgIpc) is 2.46. The zero-order valence-electron chi connectivity index (χ0n) is 14.3. The monoisotopic (exact) mass is 337 g/mol. The molecule has 1 aromatic carbocycles. The molecule has 0 radical (unpaired) electrons. The maximum absolute atomic E-state index is 14.6. The van der Waals surface area contributed by atoms with E-state index >= 15 is 0 Å². The first-order valence-corrected chi connectivity index (χ1v) is 8.42. The second kappa shape index (κ2) is 7.88. The molecule has 1 aliphatic heterocycles. The number of aliphatic hydroxyl groups is 1. The van der Waals surface area contributed by atoms with Crippen molar-refractivity contribution < 1.29 is 18.7 Å². The molecular formula is C19H25F2NO2. The van der Waals surface area contributed by atoms with Crippen LogP contribution in [0.2, 0.25) is 0 Å². The minimum Gasteiger partial charge on any atom is -0.389 e. The molecule has 0 spiro atoms. The number of β-amino-alcohol motifs (C(OH)–C–C–N with tert-alkyl or cyclic N) is 1. The highest BCUT2D eigenvalue weighted by Gasteiger charge is 2.28. The van der Waals surface area contributed by atoms with Gasteiger partial charge in [0.25, 0.3) is 0 Å². The Morgan fingerprint density at radius 2 is 1.92 bits per heavy atom. The van der Waals surface area contributed by atoms with Gasteiger partial charge >= 0.3 is 0 Å². The summed E-state index contributed by atoms with van der Waals surface area (Å²) in [7, 11) is 0. The van der Waals surface area contributed by atoms with Crippen LogP contribution >= 0.6 is 0 Å². The van der Waals surface area contributed by atoms with Crippen LogP contribution in [0.15, 0.2) is 24.3 Å². The Morgan fingerprint density at radius 1 is 1.33 bits per heavy atom. The Bertz CT molecular complexity index is 601. The normalized spacial score (nSPS) is 16.0. The number of ketones is 1. The van der Waals surface area contributed by atoms with E-state index in [2.05, 4.69) is 6.58 Å². The molecule has 1 aromatic rings. The summed E-state index contributed by atoms with van der Waals surface area (Å²) >= 11 is 0. The number of hydrogen-bond acceptors (Lipinski definition) is 3. The van der Waals surface area contributed by atoms with E-state index < -0.39 is 23.7 Å². The van der Waals surface area contributed by atoms with E-state index in [0.717, 1.165) is 6.42 Å². The molecule has 1 heterocycles. The largest absolute Gasteiger partial charge is 0.389 e. The van der Waals surface area contributed by atoms with E-state index in [1.807, 2.05) is 6.92 Å². The van der Waals surface area contributed by atoms with Crippen molar-refractivity contribution in [2.45, 2.75) is 51.6 Å². The van der Waals surface area contributed by atoms with Crippen LogP contribution in [-0.4, -0.2) is 30.1 Å². The summed E-state index contributed by atoms with van der Waals surface area (Å²) < 4.78 is 29.1. The molecule has 0 bridgehead atoms. The number of benzene rings is 1. The summed E-state index contributed by atoms with van der Waals surface area (Å²) in [5.74, 6) is -1.65. The predicted molar refractivity (Wildman–Crippen MR) is 91.3 cm³/mol. The predicted octanol–water partition coefficient (Wildman–Crippen LogP) is 3.95. The second-order valence-electron chi connectivity index (χ2n) is 6.61. The maximum atomic E-state index is 14.6. The molecule has 24 heavy (non-hydrogen) atoms. The molecule has 1 atom stereocenters. The third-order valence-corrected chi connectivity index (χ3v) is 4.48. The highest BCUT2D eigenvalue weighted by Crippen LogP contribution is 2.35. The second-order valence-corrected chi connectivity index (χ2v) is 6.61. The first-order valence-electron chi connectivity index (χ1n) is 8.42. The van der Waals surface area contributed by atoms with Crippen molar-refractivity contribution in [3.05, 3.63) is 41.5 Å². The molecule has 5 heteroatoms. The third-order valence-electron chi connectivity index (χ3n) is 4.48. The Morgan fingerprint density at radius 3 is 2.38 bits per heavy atom. The molecule has 0 aromatic heterocycles. The van der Waals surface area contributed by atoms with Gasteiger partial charge in [-0.3, -0.25) is 4.79 Å². The van der Waals surface area contributed by atoms with Crippen LogP contribution in [0.1, 0.15) is 51.0 Å². The van der Waals surface area contributed by atoms with Gasteiger partial charge in [-0.25, -0.2) is 8.78 Å². The van der Waals surface area contributed by atoms with Gasteiger partial charge in [0.2, 0.25) is 0 Å². The van der Waals surface area contributed by atoms with Crippen molar-refractivity contribution in [2.24, 2.45) is 0 Å². The fourth-order valence-electron chi connectivity index (χ4n) is 3.10. The van der Waals surface area contributed by atoms with Gasteiger partial charge < -0.3 is 10.0 Å². The summed E-state index contributed by atoms with van der Waals surface area (Å²) in [6, 6.07) is 2.60. The Kier molecular flexibility index (Phi) is 6.10. The van der Waals surface area contributed by atoms with Crippen molar-refractivity contribution >= 4 is 11.5 Å². The van der Waals surface area contributed by atoms with Crippen molar-refractivity contribution in [1.29, 1.82) is 0 Å². The Hall–Kier alpha value is -1.75. The van der Waals surface area contributed by atoms with Crippen LogP contribution in [-0.2, 0) is 4.79 Å². The molecule has 0 amide bonds. The molecule has 0 saturated carbocycles. The number of Topliss-reactive ketones (excluding diaryl/α,β-unsaturated/α-hetero) is 1. The molecule has 1 fully saturated rings. The standard InChI is InChI=1S/C19H25F2NO2/c1-4-5-14(23)6-7-16(12(2)3)19-17(20)8-13(9-18(19)21)22-10-15(24)11-22/h8-9,15-16,24H,2,4-7,10-11H2,1,3H3. The minimum atomic E-state index is -0.623. The summed E-state index contributed by atoms with van der Waals surface area (Å²) in [6.45, 7) is 8.27. The highest BCUT2D eigenvalue weighted by atomic mass is 19.1. The maximum Gasteiger partial charge on any atom is 0.132 e. The summed E-state index contributed by atoms with van der Waals surface area (Å²) in [4.78, 5) is 13.5. The number of rotatable bonds is 8. The lowest BCUT2D eigenvalue weighted by Crippen LogP contribution is -2.50. The molecule has 1 N–H and O–H groups in total. The van der Waals surface area contributed by atoms with Crippen LogP contribution < -0.4 is 4.90 Å². The topological polar surface area (TPSA) is 40.5 Å². The molecule has 1 unspecified atom stereocenters. The lowest BCUT2D eigenvalue weighted by atomic mass is 9.86. The van der Waals surface area contributed by atoms with E-state index in [1.54, 1.807) is 11.8 Å². The zero-order chi connectivity index (χ0) is 17.9. The number of carbonyl (C=O) groups is 1. The Balaban J connectivity index is 2.20. The lowest BCUT2D eigenvalue weighted by Gasteiger charge is -2.38. The van der Waals surface area contributed by atoms with Gasteiger partial charge in [0.05, 0.1) is 6.10 Å². The van der Waals surface area contributed by atoms with Crippen LogP contribution in [0.4, 0.5) is 14.5 Å². The van der Waals surface area contributed by atoms with Gasteiger partial charge in [-0.2, -0.15) is 0 Å². The number of anilines is 1. The van der Waals surface area contributed by atoms with Crippen molar-refractivity contribution in [3.63, 3.8) is 0 Å². The van der Waals surface area contributed by atoms with Gasteiger partial charge in [-0.15, -0.1) is 0 Å². The first-order chi connectivity index (χ1) is 11.3. The van der Waals surface area contributed by atoms with Gasteiger partial charge in [0.15, 0.2) is 0 Å². The molecular weight excluding hydrogens is 312 g/mol. The molecule has 3 nitrogen and oxygen atoms in total. The molecule has 1 aliphatic rings. The van der Waals surface area contributed by atoms with Crippen LogP contribution in [0, 0.1) is 11.6 Å². The number of hydrogen-bond donors (Lipinski definition) is 1. The number of carbonyl (C=O) groups excluding carboxylic acids is 1. The van der Waals surface area contributed by atoms with Gasteiger partial charge in [-0.05, 0) is 31.9 Å². The number of aliphatic hydroxyl groups excluding tert-OH is 1. The fraction of sp³-hybridized carbons (Fsp3) is 0.526. The number of nitrogens with zero attached hydrogens (tertiary/aromatic N) is 1. The van der Waals surface area contributed by atoms with Gasteiger partial charge in [0, 0.05) is 43.1 Å². The van der Waals surface area contributed by atoms with Crippen LogP contribution in [0.3, 0.4) is 0 Å². The lowest BCUT2D eigenvalue weighted by molar-refractivity contribution is -0.119. The highest BCUT2D eigenvalue weighted by molar-refractivity contribution is 5.78. The van der Waals surface area contributed by atoms with E-state index in [1.165, 1.54) is 12.1 Å². The fourth-order valence-corrected chi connectivity index (χ4v) is 3.10. The summed E-state index contributed by atoms with van der Waals surface area (Å²) in [5.41, 5.74) is 1.06. The van der Waals surface area contributed by atoms with Crippen LogP contribution in [0.25, 0.3) is 0 Å². The summed E-state index contributed by atoms with van der Waals surface area (Å²) in [5, 5.41) is 9.33. The number of halogens is 2. The summed E-state index contributed by atoms with van der Waals surface area (Å²) in [6.07, 6.45) is 1.48. The van der Waals surface area contributed by atoms with Crippen LogP contribution in [0.5, 0.6) is 0 Å². The third kappa shape index (κ3) is 4.20. The zero-order valence-corrected chi connectivity index (χ0v) is 14.3. The van der Waals surface area contributed by atoms with Crippen molar-refractivity contribution in [3.8, 4) is 0 Å². The van der Waals surface area contributed by atoms with Crippen molar-refractivity contribution in [2.75, 3.05) is 18.0 Å². The average molecular weight is 337 g/mol. The van der Waals surface area contributed by atoms with Gasteiger partial charge in [0.1, 0.15) is 17.4 Å². The quantitative estimate of drug-likeness (QED) is 0.730. The molecule has 132 valence electrons. The first kappa shape index (κ1) is 18.6. The van der Waals surface area contributed by atoms with E-state index in [9.17, 15) is 18.7 Å². The smallest absolute Gasteiger partial charge is 0.132 e. The molecule has 0 aliphatic carbocycles. The van der Waals surface area contributed by atoms with E-state index in [4.69, 9.17) is 0 Å². The SMILES string of the molecule is C=C(C)C(CCC(=O)CCC)c1c(F)cc(N2CC(O)C2)cc1F. The Labute approximate surface area is 142 Å². The van der Waals surface area contributed by atoms with Crippen molar-refractivity contribution in [1.82, 2.24) is 0 Å². The van der Waals surface area contributed by atoms with E-state index in [0.29, 0.717) is 43.6 Å².